The number of carboxylic acid groups (broad SMARTS) is 1. The van der Waals surface area contributed by atoms with Crippen LogP contribution in [0.4, 0.5) is 5.69 Å². The molecule has 0 atom stereocenters. The Balaban J connectivity index is 1.80. The summed E-state index contributed by atoms with van der Waals surface area (Å²) in [5.74, 6) is -1.44. The van der Waals surface area contributed by atoms with Crippen LogP contribution in [0.5, 0.6) is 0 Å². The van der Waals surface area contributed by atoms with Gasteiger partial charge in [0, 0.05) is 0 Å². The van der Waals surface area contributed by atoms with Crippen molar-refractivity contribution in [1.82, 2.24) is 10.3 Å². The van der Waals surface area contributed by atoms with E-state index in [0.29, 0.717) is 10.7 Å². The molecular weight excluding hydrogens is 338 g/mol. The third-order valence-corrected chi connectivity index (χ3v) is 4.55. The number of carbonyl (C=O) groups excluding carboxylic acids is 1. The lowest BCUT2D eigenvalue weighted by atomic mass is 10.1. The van der Waals surface area contributed by atoms with Crippen LogP contribution in [0.1, 0.15) is 5.01 Å². The highest BCUT2D eigenvalue weighted by atomic mass is 32.1. The predicted octanol–water partition coefficient (Wildman–Crippen LogP) is 3.26. The van der Waals surface area contributed by atoms with Crippen molar-refractivity contribution in [3.8, 4) is 11.1 Å². The first kappa shape index (κ1) is 16.6. The van der Waals surface area contributed by atoms with Crippen LogP contribution in [0, 0.1) is 6.57 Å². The quantitative estimate of drug-likeness (QED) is 0.691. The van der Waals surface area contributed by atoms with Crippen molar-refractivity contribution in [2.24, 2.45) is 0 Å². The normalized spacial score (nSPS) is 10.4. The number of hydrogen-bond acceptors (Lipinski definition) is 4. The molecule has 1 heterocycles. The van der Waals surface area contributed by atoms with Gasteiger partial charge in [-0.3, -0.25) is 9.59 Å². The van der Waals surface area contributed by atoms with E-state index in [-0.39, 0.29) is 12.3 Å². The lowest BCUT2D eigenvalue weighted by Gasteiger charge is -2.01. The van der Waals surface area contributed by atoms with Crippen molar-refractivity contribution < 1.29 is 14.7 Å². The third kappa shape index (κ3) is 4.00. The predicted molar refractivity (Wildman–Crippen MR) is 95.7 cm³/mol. The van der Waals surface area contributed by atoms with Gasteiger partial charge < -0.3 is 10.4 Å². The summed E-state index contributed by atoms with van der Waals surface area (Å²) in [5.41, 5.74) is 3.35. The molecular formula is C18H13N3O3S. The van der Waals surface area contributed by atoms with E-state index in [1.54, 1.807) is 12.1 Å². The van der Waals surface area contributed by atoms with Gasteiger partial charge in [-0.05, 0) is 23.3 Å². The number of thiazole rings is 1. The summed E-state index contributed by atoms with van der Waals surface area (Å²) < 4.78 is 0.961. The molecule has 0 aliphatic heterocycles. The van der Waals surface area contributed by atoms with Crippen molar-refractivity contribution in [2.45, 2.75) is 6.42 Å². The number of carboxylic acids is 1. The minimum Gasteiger partial charge on any atom is -0.480 e. The van der Waals surface area contributed by atoms with Crippen LogP contribution in [-0.2, 0) is 16.0 Å². The fourth-order valence-electron chi connectivity index (χ4n) is 2.33. The van der Waals surface area contributed by atoms with Gasteiger partial charge >= 0.3 is 5.97 Å². The summed E-state index contributed by atoms with van der Waals surface area (Å²) in [6.45, 7) is 6.60. The van der Waals surface area contributed by atoms with E-state index >= 15 is 0 Å². The lowest BCUT2D eigenvalue weighted by Crippen LogP contribution is -2.30. The average molecular weight is 351 g/mol. The van der Waals surface area contributed by atoms with Gasteiger partial charge in [-0.1, -0.05) is 30.3 Å². The summed E-state index contributed by atoms with van der Waals surface area (Å²) in [6.07, 6.45) is 0.0572. The minimum atomic E-state index is -1.08. The maximum absolute atomic E-state index is 11.7. The van der Waals surface area contributed by atoms with Crippen molar-refractivity contribution in [3.05, 3.63) is 58.9 Å². The second-order valence-corrected chi connectivity index (χ2v) is 6.41. The van der Waals surface area contributed by atoms with Gasteiger partial charge in [0.1, 0.15) is 11.6 Å². The Morgan fingerprint density at radius 2 is 1.88 bits per heavy atom. The van der Waals surface area contributed by atoms with Crippen LogP contribution in [0.15, 0.2) is 42.5 Å². The molecule has 0 radical (unpaired) electrons. The Kier molecular flexibility index (Phi) is 4.73. The molecule has 0 saturated carbocycles. The second-order valence-electron chi connectivity index (χ2n) is 5.30. The number of nitrogens with one attached hydrogen (secondary N) is 1. The molecule has 0 aliphatic rings. The average Bonchev–Trinajstić information content (AvgIpc) is 3.01. The van der Waals surface area contributed by atoms with E-state index in [1.165, 1.54) is 11.3 Å². The summed E-state index contributed by atoms with van der Waals surface area (Å²) in [4.78, 5) is 30.0. The Hall–Kier alpha value is -3.24. The van der Waals surface area contributed by atoms with Gasteiger partial charge in [0.05, 0.1) is 23.2 Å². The first-order valence-electron chi connectivity index (χ1n) is 7.41. The Labute approximate surface area is 147 Å². The molecule has 1 aromatic heterocycles. The number of carbonyl (C=O) groups is 2. The van der Waals surface area contributed by atoms with E-state index < -0.39 is 12.5 Å². The van der Waals surface area contributed by atoms with Crippen molar-refractivity contribution in [3.63, 3.8) is 0 Å². The first-order valence-corrected chi connectivity index (χ1v) is 8.22. The number of aromatic nitrogens is 1. The fraction of sp³-hybridized carbons (Fsp3) is 0.111. The first-order chi connectivity index (χ1) is 12.0. The molecule has 0 bridgehead atoms. The Morgan fingerprint density at radius 3 is 2.56 bits per heavy atom. The van der Waals surface area contributed by atoms with Gasteiger partial charge in [-0.15, -0.1) is 11.3 Å². The molecule has 2 aromatic carbocycles. The smallest absolute Gasteiger partial charge is 0.322 e. The summed E-state index contributed by atoms with van der Waals surface area (Å²) in [5, 5.41) is 11.5. The lowest BCUT2D eigenvalue weighted by molar-refractivity contribution is -0.137. The van der Waals surface area contributed by atoms with E-state index in [9.17, 15) is 9.59 Å². The van der Waals surface area contributed by atoms with Gasteiger partial charge in [0.25, 0.3) is 0 Å². The molecule has 0 aliphatic carbocycles. The summed E-state index contributed by atoms with van der Waals surface area (Å²) >= 11 is 1.41. The molecule has 0 spiro atoms. The largest absolute Gasteiger partial charge is 0.480 e. The van der Waals surface area contributed by atoms with E-state index in [0.717, 1.165) is 21.3 Å². The third-order valence-electron chi connectivity index (χ3n) is 3.51. The number of benzene rings is 2. The number of fused-ring (bicyclic) bond motifs is 1. The number of amides is 1. The van der Waals surface area contributed by atoms with E-state index in [2.05, 4.69) is 15.1 Å². The van der Waals surface area contributed by atoms with E-state index in [1.807, 2.05) is 30.3 Å². The fourth-order valence-corrected chi connectivity index (χ4v) is 3.28. The van der Waals surface area contributed by atoms with Gasteiger partial charge in [-0.2, -0.15) is 0 Å². The highest BCUT2D eigenvalue weighted by Gasteiger charge is 2.11. The van der Waals surface area contributed by atoms with Crippen molar-refractivity contribution >= 4 is 39.1 Å². The molecule has 1 amide bonds. The van der Waals surface area contributed by atoms with Crippen LogP contribution in [0.25, 0.3) is 26.2 Å². The zero-order chi connectivity index (χ0) is 17.8. The Bertz CT molecular complexity index is 987. The highest BCUT2D eigenvalue weighted by molar-refractivity contribution is 7.18. The maximum Gasteiger partial charge on any atom is 0.322 e. The molecule has 3 aromatic rings. The van der Waals surface area contributed by atoms with Crippen molar-refractivity contribution in [1.29, 1.82) is 0 Å². The monoisotopic (exact) mass is 351 g/mol. The van der Waals surface area contributed by atoms with Crippen LogP contribution in [0.3, 0.4) is 0 Å². The maximum atomic E-state index is 11.7. The standard InChI is InChI=1S/C18H13N3O3S/c1-19-13-5-2-11(3-6-13)12-4-7-15-14(8-12)21-17(25-15)9-16(22)20-10-18(23)24/h2-8H,9-10H2,(H,20,22)(H,23,24). The van der Waals surface area contributed by atoms with Crippen LogP contribution in [0.2, 0.25) is 0 Å². The topological polar surface area (TPSA) is 83.7 Å². The number of nitrogens with zero attached hydrogens (tertiary/aromatic N) is 2. The van der Waals surface area contributed by atoms with Crippen molar-refractivity contribution in [2.75, 3.05) is 6.54 Å². The molecule has 0 saturated heterocycles. The summed E-state index contributed by atoms with van der Waals surface area (Å²) in [7, 11) is 0. The number of aliphatic carboxylic acids is 1. The summed E-state index contributed by atoms with van der Waals surface area (Å²) in [6, 6.07) is 13.2. The molecule has 7 heteroatoms. The molecule has 6 nitrogen and oxygen atoms in total. The molecule has 0 unspecified atom stereocenters. The van der Waals surface area contributed by atoms with Crippen LogP contribution < -0.4 is 5.32 Å². The highest BCUT2D eigenvalue weighted by Crippen LogP contribution is 2.29. The Morgan fingerprint density at radius 1 is 1.16 bits per heavy atom. The van der Waals surface area contributed by atoms with Gasteiger partial charge in [0.15, 0.2) is 5.69 Å². The van der Waals surface area contributed by atoms with E-state index in [4.69, 9.17) is 11.7 Å². The second kappa shape index (κ2) is 7.11. The SMILES string of the molecule is [C-]#[N+]c1ccc(-c2ccc3sc(CC(=O)NCC(=O)O)nc3c2)cc1. The minimum absolute atomic E-state index is 0.0572. The zero-order valence-electron chi connectivity index (χ0n) is 13.0. The van der Waals surface area contributed by atoms with Gasteiger partial charge in [0.2, 0.25) is 5.91 Å². The molecule has 3 rings (SSSR count). The zero-order valence-corrected chi connectivity index (χ0v) is 13.8. The molecule has 25 heavy (non-hydrogen) atoms. The molecule has 2 N–H and O–H groups in total. The van der Waals surface area contributed by atoms with Gasteiger partial charge in [-0.25, -0.2) is 9.83 Å². The van der Waals surface area contributed by atoms with Crippen LogP contribution >= 0.6 is 11.3 Å². The number of hydrogen-bond donors (Lipinski definition) is 2. The molecule has 0 fully saturated rings. The number of rotatable bonds is 5. The van der Waals surface area contributed by atoms with Crippen LogP contribution in [-0.4, -0.2) is 28.5 Å². The molecule has 124 valence electrons.